The number of Topliss-reactive ketones (excluding diaryl/α,β-unsaturated/α-hetero) is 1. The van der Waals surface area contributed by atoms with Gasteiger partial charge in [-0.15, -0.1) is 0 Å². The SMILES string of the molecule is CCOC(=O)CCC(=O)CS(=O)c1cccc(OC)c1. The van der Waals surface area contributed by atoms with Crippen molar-refractivity contribution < 1.29 is 23.3 Å². The van der Waals surface area contributed by atoms with E-state index in [1.807, 2.05) is 0 Å². The Kier molecular flexibility index (Phi) is 6.93. The Morgan fingerprint density at radius 2 is 2.00 bits per heavy atom. The second-order valence-electron chi connectivity index (χ2n) is 4.01. The van der Waals surface area contributed by atoms with Crippen molar-refractivity contribution in [3.8, 4) is 5.75 Å². The first-order chi connectivity index (χ1) is 9.56. The number of benzene rings is 1. The van der Waals surface area contributed by atoms with Crippen LogP contribution < -0.4 is 4.74 Å². The van der Waals surface area contributed by atoms with E-state index < -0.39 is 16.8 Å². The van der Waals surface area contributed by atoms with Crippen LogP contribution in [0.15, 0.2) is 29.2 Å². The van der Waals surface area contributed by atoms with Crippen LogP contribution in [0.25, 0.3) is 0 Å². The summed E-state index contributed by atoms with van der Waals surface area (Å²) in [6.07, 6.45) is 0.0799. The van der Waals surface area contributed by atoms with E-state index >= 15 is 0 Å². The molecular weight excluding hydrogens is 280 g/mol. The molecule has 0 bridgehead atoms. The fraction of sp³-hybridized carbons (Fsp3) is 0.429. The molecule has 0 aliphatic heterocycles. The van der Waals surface area contributed by atoms with Gasteiger partial charge in [0.05, 0.1) is 36.7 Å². The fourth-order valence-corrected chi connectivity index (χ4v) is 2.60. The molecule has 0 aromatic heterocycles. The van der Waals surface area contributed by atoms with Gasteiger partial charge in [-0.05, 0) is 25.1 Å². The lowest BCUT2D eigenvalue weighted by molar-refractivity contribution is -0.144. The molecule has 0 heterocycles. The zero-order chi connectivity index (χ0) is 15.0. The van der Waals surface area contributed by atoms with E-state index in [-0.39, 0.29) is 24.4 Å². The lowest BCUT2D eigenvalue weighted by Crippen LogP contribution is -2.13. The Balaban J connectivity index is 2.48. The number of esters is 1. The van der Waals surface area contributed by atoms with Crippen molar-refractivity contribution in [2.75, 3.05) is 19.5 Å². The molecule has 0 spiro atoms. The molecular formula is C14H18O5S. The predicted octanol–water partition coefficient (Wildman–Crippen LogP) is 1.72. The minimum Gasteiger partial charge on any atom is -0.497 e. The first kappa shape index (κ1) is 16.4. The molecule has 110 valence electrons. The van der Waals surface area contributed by atoms with Crippen molar-refractivity contribution in [3.05, 3.63) is 24.3 Å². The highest BCUT2D eigenvalue weighted by Crippen LogP contribution is 2.16. The molecule has 1 aromatic carbocycles. The highest BCUT2D eigenvalue weighted by molar-refractivity contribution is 7.85. The lowest BCUT2D eigenvalue weighted by atomic mass is 10.2. The van der Waals surface area contributed by atoms with E-state index in [0.29, 0.717) is 17.3 Å². The third-order valence-electron chi connectivity index (χ3n) is 2.51. The van der Waals surface area contributed by atoms with Crippen LogP contribution in [0.5, 0.6) is 5.75 Å². The minimum absolute atomic E-state index is 0.0297. The van der Waals surface area contributed by atoms with Crippen LogP contribution in [0, 0.1) is 0 Å². The number of hydrogen-bond donors (Lipinski definition) is 0. The number of ketones is 1. The van der Waals surface area contributed by atoms with Crippen molar-refractivity contribution in [2.24, 2.45) is 0 Å². The first-order valence-corrected chi connectivity index (χ1v) is 7.58. The standard InChI is InChI=1S/C14H18O5S/c1-3-19-14(16)8-7-11(15)10-20(17)13-6-4-5-12(9-13)18-2/h4-6,9H,3,7-8,10H2,1-2H3. The van der Waals surface area contributed by atoms with Gasteiger partial charge in [0.1, 0.15) is 11.5 Å². The molecule has 0 fully saturated rings. The van der Waals surface area contributed by atoms with Gasteiger partial charge in [-0.25, -0.2) is 0 Å². The molecule has 6 heteroatoms. The smallest absolute Gasteiger partial charge is 0.306 e. The average molecular weight is 298 g/mol. The summed E-state index contributed by atoms with van der Waals surface area (Å²) < 4.78 is 21.8. The summed E-state index contributed by atoms with van der Waals surface area (Å²) in [6.45, 7) is 2.00. The molecule has 0 N–H and O–H groups in total. The van der Waals surface area contributed by atoms with Crippen LogP contribution in [0.2, 0.25) is 0 Å². The van der Waals surface area contributed by atoms with E-state index in [2.05, 4.69) is 0 Å². The van der Waals surface area contributed by atoms with Gasteiger partial charge in [0.25, 0.3) is 0 Å². The van der Waals surface area contributed by atoms with Gasteiger partial charge in [-0.1, -0.05) is 6.07 Å². The molecule has 1 atom stereocenters. The quantitative estimate of drug-likeness (QED) is 0.683. The Bertz CT molecular complexity index is 498. The number of carbonyl (C=O) groups is 2. The largest absolute Gasteiger partial charge is 0.497 e. The van der Waals surface area contributed by atoms with Gasteiger partial charge < -0.3 is 9.47 Å². The Morgan fingerprint density at radius 1 is 1.25 bits per heavy atom. The van der Waals surface area contributed by atoms with Crippen molar-refractivity contribution in [3.63, 3.8) is 0 Å². The summed E-state index contributed by atoms with van der Waals surface area (Å²) in [7, 11) is 0.0949. The summed E-state index contributed by atoms with van der Waals surface area (Å²) in [4.78, 5) is 23.3. The predicted molar refractivity (Wildman–Crippen MR) is 75.1 cm³/mol. The Labute approximate surface area is 120 Å². The maximum atomic E-state index is 12.0. The monoisotopic (exact) mass is 298 g/mol. The second kappa shape index (κ2) is 8.47. The van der Waals surface area contributed by atoms with E-state index in [4.69, 9.17) is 9.47 Å². The van der Waals surface area contributed by atoms with Gasteiger partial charge in [-0.2, -0.15) is 0 Å². The maximum Gasteiger partial charge on any atom is 0.306 e. The molecule has 5 nitrogen and oxygen atoms in total. The molecule has 0 aliphatic carbocycles. The Morgan fingerprint density at radius 3 is 2.65 bits per heavy atom. The molecule has 0 radical (unpaired) electrons. The molecule has 0 saturated carbocycles. The topological polar surface area (TPSA) is 69.7 Å². The van der Waals surface area contributed by atoms with Crippen molar-refractivity contribution >= 4 is 22.6 Å². The molecule has 0 aliphatic rings. The van der Waals surface area contributed by atoms with Crippen LogP contribution in [0.1, 0.15) is 19.8 Å². The minimum atomic E-state index is -1.43. The van der Waals surface area contributed by atoms with E-state index in [9.17, 15) is 13.8 Å². The highest BCUT2D eigenvalue weighted by Gasteiger charge is 2.13. The summed E-state index contributed by atoms with van der Waals surface area (Å²) in [5, 5.41) is 0. The molecule has 1 rings (SSSR count). The van der Waals surface area contributed by atoms with Crippen LogP contribution in [0.4, 0.5) is 0 Å². The van der Waals surface area contributed by atoms with E-state index in [1.165, 1.54) is 7.11 Å². The maximum absolute atomic E-state index is 12.0. The number of hydrogen-bond acceptors (Lipinski definition) is 5. The normalized spacial score (nSPS) is 11.7. The van der Waals surface area contributed by atoms with Crippen molar-refractivity contribution in [1.82, 2.24) is 0 Å². The van der Waals surface area contributed by atoms with E-state index in [0.717, 1.165) is 0 Å². The number of rotatable bonds is 8. The van der Waals surface area contributed by atoms with Gasteiger partial charge in [0.2, 0.25) is 0 Å². The van der Waals surface area contributed by atoms with Gasteiger partial charge in [0.15, 0.2) is 0 Å². The second-order valence-corrected chi connectivity index (χ2v) is 5.46. The van der Waals surface area contributed by atoms with Gasteiger partial charge in [-0.3, -0.25) is 13.8 Å². The van der Waals surface area contributed by atoms with Crippen LogP contribution in [-0.2, 0) is 25.1 Å². The van der Waals surface area contributed by atoms with Crippen LogP contribution in [0.3, 0.4) is 0 Å². The number of methoxy groups -OCH3 is 1. The Hall–Kier alpha value is -1.69. The van der Waals surface area contributed by atoms with Crippen LogP contribution >= 0.6 is 0 Å². The molecule has 1 aromatic rings. The molecule has 0 amide bonds. The zero-order valence-electron chi connectivity index (χ0n) is 11.6. The average Bonchev–Trinajstić information content (AvgIpc) is 2.45. The first-order valence-electron chi connectivity index (χ1n) is 6.26. The molecule has 0 saturated heterocycles. The third-order valence-corrected chi connectivity index (χ3v) is 3.87. The summed E-state index contributed by atoms with van der Waals surface area (Å²) in [5.74, 6) is -0.144. The fourth-order valence-electron chi connectivity index (χ4n) is 1.52. The van der Waals surface area contributed by atoms with Crippen molar-refractivity contribution in [2.45, 2.75) is 24.7 Å². The van der Waals surface area contributed by atoms with Crippen LogP contribution in [-0.4, -0.2) is 35.4 Å². The summed E-state index contributed by atoms with van der Waals surface area (Å²) >= 11 is 0. The summed E-state index contributed by atoms with van der Waals surface area (Å²) in [6, 6.07) is 6.77. The van der Waals surface area contributed by atoms with Gasteiger partial charge >= 0.3 is 5.97 Å². The van der Waals surface area contributed by atoms with Crippen molar-refractivity contribution in [1.29, 1.82) is 0 Å². The lowest BCUT2D eigenvalue weighted by Gasteiger charge is -2.04. The highest BCUT2D eigenvalue weighted by atomic mass is 32.2. The number of carbonyl (C=O) groups excluding carboxylic acids is 2. The van der Waals surface area contributed by atoms with E-state index in [1.54, 1.807) is 31.2 Å². The summed E-state index contributed by atoms with van der Waals surface area (Å²) in [5.41, 5.74) is 0. The molecule has 1 unspecified atom stereocenters. The zero-order valence-corrected chi connectivity index (χ0v) is 12.4. The third kappa shape index (κ3) is 5.52. The molecule has 20 heavy (non-hydrogen) atoms. The number of ether oxygens (including phenoxy) is 2. The van der Waals surface area contributed by atoms with Gasteiger partial charge in [0, 0.05) is 11.3 Å².